The highest BCUT2D eigenvalue weighted by Gasteiger charge is 2.34. The Morgan fingerprint density at radius 3 is 2.63 bits per heavy atom. The lowest BCUT2D eigenvalue weighted by molar-refractivity contribution is -0.137. The largest absolute Gasteiger partial charge is 0.492 e. The lowest BCUT2D eigenvalue weighted by atomic mass is 10.2. The van der Waals surface area contributed by atoms with Crippen molar-refractivity contribution in [1.82, 2.24) is 9.88 Å². The monoisotopic (exact) mass is 381 g/mol. The number of benzene rings is 1. The third-order valence-corrected chi connectivity index (χ3v) is 3.91. The number of rotatable bonds is 5. The molecule has 1 N–H and O–H groups in total. The summed E-state index contributed by atoms with van der Waals surface area (Å²) in [5, 5.41) is 2.77. The van der Waals surface area contributed by atoms with Gasteiger partial charge in [-0.15, -0.1) is 0 Å². The Morgan fingerprint density at radius 2 is 2.00 bits per heavy atom. The van der Waals surface area contributed by atoms with Crippen LogP contribution in [0.15, 0.2) is 42.6 Å². The molecule has 1 fully saturated rings. The fourth-order valence-electron chi connectivity index (χ4n) is 2.51. The highest BCUT2D eigenvalue weighted by Crippen LogP contribution is 2.30. The number of hydrogen-bond acceptors (Lipinski definition) is 4. The van der Waals surface area contributed by atoms with Crippen LogP contribution in [0.4, 0.5) is 23.7 Å². The minimum atomic E-state index is -4.44. The molecule has 3 rings (SSSR count). The van der Waals surface area contributed by atoms with Gasteiger partial charge in [0.15, 0.2) is 0 Å². The summed E-state index contributed by atoms with van der Waals surface area (Å²) in [6.45, 7) is 2.95. The molecule has 27 heavy (non-hydrogen) atoms. The number of ether oxygens (including phenoxy) is 2. The molecule has 1 aliphatic rings. The van der Waals surface area contributed by atoms with E-state index in [4.69, 9.17) is 9.47 Å². The Morgan fingerprint density at radius 1 is 1.26 bits per heavy atom. The van der Waals surface area contributed by atoms with Crippen LogP contribution in [0.25, 0.3) is 0 Å². The van der Waals surface area contributed by atoms with Crippen LogP contribution in [0.2, 0.25) is 0 Å². The number of carbonyl (C=O) groups is 1. The Bertz CT molecular complexity index is 790. The molecule has 1 saturated heterocycles. The van der Waals surface area contributed by atoms with Gasteiger partial charge in [-0.05, 0) is 25.1 Å². The van der Waals surface area contributed by atoms with Crippen LogP contribution in [-0.4, -0.2) is 41.7 Å². The van der Waals surface area contributed by atoms with Crippen molar-refractivity contribution >= 4 is 11.7 Å². The fraction of sp³-hybridized carbons (Fsp3) is 0.333. The Balaban J connectivity index is 1.50. The average Bonchev–Trinajstić information content (AvgIpc) is 2.59. The summed E-state index contributed by atoms with van der Waals surface area (Å²) in [4.78, 5) is 17.5. The summed E-state index contributed by atoms with van der Waals surface area (Å²) in [6.07, 6.45) is -4.03. The number of para-hydroxylation sites is 2. The molecular formula is C18H18F3N3O3. The molecule has 1 aliphatic heterocycles. The number of aromatic nitrogens is 1. The predicted molar refractivity (Wildman–Crippen MR) is 91.9 cm³/mol. The number of carbonyl (C=O) groups excluding carboxylic acids is 1. The van der Waals surface area contributed by atoms with E-state index in [0.717, 1.165) is 12.3 Å². The molecule has 1 aromatic heterocycles. The third-order valence-electron chi connectivity index (χ3n) is 3.91. The number of urea groups is 1. The van der Waals surface area contributed by atoms with Gasteiger partial charge in [0.25, 0.3) is 0 Å². The van der Waals surface area contributed by atoms with Crippen molar-refractivity contribution in [2.45, 2.75) is 19.2 Å². The molecule has 2 aromatic rings. The molecule has 144 valence electrons. The van der Waals surface area contributed by atoms with Crippen LogP contribution in [0, 0.1) is 0 Å². The van der Waals surface area contributed by atoms with Crippen LogP contribution >= 0.6 is 0 Å². The maximum Gasteiger partial charge on any atom is 0.417 e. The molecule has 2 amide bonds. The first-order valence-electron chi connectivity index (χ1n) is 8.34. The number of alkyl halides is 3. The highest BCUT2D eigenvalue weighted by molar-refractivity contribution is 5.91. The average molecular weight is 381 g/mol. The number of halogens is 3. The minimum Gasteiger partial charge on any atom is -0.492 e. The van der Waals surface area contributed by atoms with Gasteiger partial charge in [-0.2, -0.15) is 13.2 Å². The zero-order chi connectivity index (χ0) is 19.4. The van der Waals surface area contributed by atoms with Crippen molar-refractivity contribution in [3.8, 4) is 11.6 Å². The first kappa shape index (κ1) is 18.8. The molecule has 0 aliphatic carbocycles. The number of likely N-dealkylation sites (tertiary alicyclic amines) is 1. The van der Waals surface area contributed by atoms with Gasteiger partial charge in [0, 0.05) is 12.3 Å². The van der Waals surface area contributed by atoms with Crippen LogP contribution in [0.1, 0.15) is 12.5 Å². The lowest BCUT2D eigenvalue weighted by Gasteiger charge is -2.38. The van der Waals surface area contributed by atoms with Crippen molar-refractivity contribution in [2.75, 3.05) is 25.0 Å². The number of nitrogens with zero attached hydrogens (tertiary/aromatic N) is 2. The van der Waals surface area contributed by atoms with E-state index in [1.807, 2.05) is 13.0 Å². The molecule has 0 saturated carbocycles. The maximum absolute atomic E-state index is 12.5. The lowest BCUT2D eigenvalue weighted by Crippen LogP contribution is -2.57. The summed E-state index contributed by atoms with van der Waals surface area (Å²) < 4.78 is 48.5. The molecule has 0 bridgehead atoms. The van der Waals surface area contributed by atoms with E-state index in [9.17, 15) is 18.0 Å². The molecule has 0 unspecified atom stereocenters. The molecule has 0 atom stereocenters. The van der Waals surface area contributed by atoms with Gasteiger partial charge in [-0.3, -0.25) is 0 Å². The molecular weight excluding hydrogens is 363 g/mol. The number of hydrogen-bond donors (Lipinski definition) is 1. The quantitative estimate of drug-likeness (QED) is 0.856. The molecule has 2 heterocycles. The number of amides is 2. The molecule has 9 heteroatoms. The van der Waals surface area contributed by atoms with E-state index >= 15 is 0 Å². The Labute approximate surface area is 153 Å². The SMILES string of the molecule is CCOc1ccccc1NC(=O)N1CC(Oc2ccc(C(F)(F)F)cn2)C1. The van der Waals surface area contributed by atoms with Crippen molar-refractivity contribution < 1.29 is 27.4 Å². The van der Waals surface area contributed by atoms with E-state index in [0.29, 0.717) is 31.1 Å². The number of anilines is 1. The summed E-state index contributed by atoms with van der Waals surface area (Å²) in [7, 11) is 0. The van der Waals surface area contributed by atoms with Crippen molar-refractivity contribution in [2.24, 2.45) is 0 Å². The van der Waals surface area contributed by atoms with Crippen LogP contribution in [0.3, 0.4) is 0 Å². The zero-order valence-corrected chi connectivity index (χ0v) is 14.5. The Hall–Kier alpha value is -2.97. The standard InChI is InChI=1S/C18H18F3N3O3/c1-2-26-15-6-4-3-5-14(15)23-17(25)24-10-13(11-24)27-16-8-7-12(9-22-16)18(19,20)21/h3-9,13H,2,10-11H2,1H3,(H,23,25). The smallest absolute Gasteiger partial charge is 0.417 e. The molecule has 1 aromatic carbocycles. The van der Waals surface area contributed by atoms with Crippen molar-refractivity contribution in [1.29, 1.82) is 0 Å². The zero-order valence-electron chi connectivity index (χ0n) is 14.5. The third kappa shape index (κ3) is 4.60. The van der Waals surface area contributed by atoms with Gasteiger partial charge < -0.3 is 19.7 Å². The predicted octanol–water partition coefficient (Wildman–Crippen LogP) is 3.79. The first-order chi connectivity index (χ1) is 12.9. The molecule has 6 nitrogen and oxygen atoms in total. The summed E-state index contributed by atoms with van der Waals surface area (Å²) >= 11 is 0. The van der Waals surface area contributed by atoms with Gasteiger partial charge in [-0.25, -0.2) is 9.78 Å². The number of pyridine rings is 1. The van der Waals surface area contributed by atoms with Gasteiger partial charge in [0.05, 0.1) is 30.9 Å². The second-order valence-electron chi connectivity index (χ2n) is 5.89. The summed E-state index contributed by atoms with van der Waals surface area (Å²) in [5.74, 6) is 0.672. The minimum absolute atomic E-state index is 0.0924. The second-order valence-corrected chi connectivity index (χ2v) is 5.89. The Kier molecular flexibility index (Phi) is 5.38. The van der Waals surface area contributed by atoms with Crippen LogP contribution in [0.5, 0.6) is 11.6 Å². The number of nitrogens with one attached hydrogen (secondary N) is 1. The van der Waals surface area contributed by atoms with Gasteiger partial charge in [-0.1, -0.05) is 12.1 Å². The van der Waals surface area contributed by atoms with E-state index in [2.05, 4.69) is 10.3 Å². The molecule has 0 radical (unpaired) electrons. The summed E-state index contributed by atoms with van der Waals surface area (Å²) in [5.41, 5.74) is -0.268. The highest BCUT2D eigenvalue weighted by atomic mass is 19.4. The van der Waals surface area contributed by atoms with Gasteiger partial charge in [0.2, 0.25) is 5.88 Å². The topological polar surface area (TPSA) is 63.7 Å². The molecule has 0 spiro atoms. The van der Waals surface area contributed by atoms with Crippen LogP contribution in [-0.2, 0) is 6.18 Å². The van der Waals surface area contributed by atoms with Gasteiger partial charge >= 0.3 is 12.2 Å². The fourth-order valence-corrected chi connectivity index (χ4v) is 2.51. The second kappa shape index (κ2) is 7.73. The van der Waals surface area contributed by atoms with E-state index in [-0.39, 0.29) is 18.0 Å². The summed E-state index contributed by atoms with van der Waals surface area (Å²) in [6, 6.07) is 8.88. The van der Waals surface area contributed by atoms with E-state index < -0.39 is 11.7 Å². The van der Waals surface area contributed by atoms with E-state index in [1.54, 1.807) is 18.2 Å². The van der Waals surface area contributed by atoms with E-state index in [1.165, 1.54) is 11.0 Å². The van der Waals surface area contributed by atoms with Crippen LogP contribution < -0.4 is 14.8 Å². The van der Waals surface area contributed by atoms with Crippen molar-refractivity contribution in [3.05, 3.63) is 48.2 Å². The van der Waals surface area contributed by atoms with Crippen molar-refractivity contribution in [3.63, 3.8) is 0 Å². The first-order valence-corrected chi connectivity index (χ1v) is 8.34. The normalized spacial score (nSPS) is 14.4. The van der Waals surface area contributed by atoms with Gasteiger partial charge in [0.1, 0.15) is 11.9 Å². The maximum atomic E-state index is 12.5.